The maximum absolute atomic E-state index is 4.47. The third-order valence-electron chi connectivity index (χ3n) is 2.60. The molecule has 0 aliphatic rings. The van der Waals surface area contributed by atoms with Gasteiger partial charge in [-0.15, -0.1) is 0 Å². The van der Waals surface area contributed by atoms with Gasteiger partial charge in [-0.2, -0.15) is 5.10 Å². The normalized spacial score (nSPS) is 10.6. The summed E-state index contributed by atoms with van der Waals surface area (Å²) in [5, 5.41) is 5.27. The van der Waals surface area contributed by atoms with Gasteiger partial charge in [-0.3, -0.25) is 0 Å². The van der Waals surface area contributed by atoms with Crippen LogP contribution in [0.15, 0.2) is 30.5 Å². The van der Waals surface area contributed by atoms with Crippen LogP contribution in [0.1, 0.15) is 16.8 Å². The molecule has 15 heavy (non-hydrogen) atoms. The average Bonchev–Trinajstić information content (AvgIpc) is 2.70. The number of halogens is 1. The Morgan fingerprint density at radius 2 is 2.07 bits per heavy atom. The summed E-state index contributed by atoms with van der Waals surface area (Å²) in [6.45, 7) is 4.24. The molecule has 2 nitrogen and oxygen atoms in total. The van der Waals surface area contributed by atoms with Crippen molar-refractivity contribution in [2.24, 2.45) is 0 Å². The molecule has 3 heteroatoms. The summed E-state index contributed by atoms with van der Waals surface area (Å²) in [4.78, 5) is 0. The summed E-state index contributed by atoms with van der Waals surface area (Å²) >= 11 is 3.40. The van der Waals surface area contributed by atoms with Gasteiger partial charge in [0.25, 0.3) is 0 Å². The zero-order valence-corrected chi connectivity index (χ0v) is 10.5. The first-order valence-corrected chi connectivity index (χ1v) is 6.01. The van der Waals surface area contributed by atoms with Crippen molar-refractivity contribution in [2.45, 2.75) is 19.2 Å². The van der Waals surface area contributed by atoms with Crippen LogP contribution in [0.25, 0.3) is 5.69 Å². The van der Waals surface area contributed by atoms with Gasteiger partial charge < -0.3 is 0 Å². The Kier molecular flexibility index (Phi) is 2.91. The van der Waals surface area contributed by atoms with Crippen molar-refractivity contribution in [1.29, 1.82) is 0 Å². The van der Waals surface area contributed by atoms with Gasteiger partial charge in [-0.25, -0.2) is 4.68 Å². The minimum absolute atomic E-state index is 0.796. The first-order valence-electron chi connectivity index (χ1n) is 4.89. The first kappa shape index (κ1) is 10.4. The van der Waals surface area contributed by atoms with E-state index in [1.807, 2.05) is 16.9 Å². The monoisotopic (exact) mass is 264 g/mol. The fourth-order valence-corrected chi connectivity index (χ4v) is 1.85. The summed E-state index contributed by atoms with van der Waals surface area (Å²) in [6.07, 6.45) is 2.00. The number of hydrogen-bond donors (Lipinski definition) is 0. The molecule has 0 atom stereocenters. The highest BCUT2D eigenvalue weighted by Gasteiger charge is 2.04. The molecule has 0 aliphatic carbocycles. The van der Waals surface area contributed by atoms with E-state index in [0.29, 0.717) is 0 Å². The van der Waals surface area contributed by atoms with Gasteiger partial charge in [-0.1, -0.05) is 28.1 Å². The van der Waals surface area contributed by atoms with Crippen LogP contribution >= 0.6 is 15.9 Å². The smallest absolute Gasteiger partial charge is 0.0734 e. The Labute approximate surface area is 98.1 Å². The highest BCUT2D eigenvalue weighted by Crippen LogP contribution is 2.17. The number of hydrogen-bond acceptors (Lipinski definition) is 1. The molecule has 0 spiro atoms. The van der Waals surface area contributed by atoms with E-state index in [4.69, 9.17) is 0 Å². The molecule has 0 N–H and O–H groups in total. The average molecular weight is 265 g/mol. The van der Waals surface area contributed by atoms with Crippen LogP contribution in [0.3, 0.4) is 0 Å². The highest BCUT2D eigenvalue weighted by molar-refractivity contribution is 9.08. The van der Waals surface area contributed by atoms with Crippen LogP contribution in [0.4, 0.5) is 0 Å². The quantitative estimate of drug-likeness (QED) is 0.761. The van der Waals surface area contributed by atoms with Crippen molar-refractivity contribution < 1.29 is 0 Å². The number of aryl methyl sites for hydroxylation is 1. The molecule has 1 aromatic carbocycles. The molecular weight excluding hydrogens is 252 g/mol. The molecule has 0 fully saturated rings. The lowest BCUT2D eigenvalue weighted by Gasteiger charge is -2.07. The number of benzene rings is 1. The van der Waals surface area contributed by atoms with E-state index in [1.54, 1.807) is 0 Å². The summed E-state index contributed by atoms with van der Waals surface area (Å²) in [5.41, 5.74) is 4.78. The van der Waals surface area contributed by atoms with Crippen molar-refractivity contribution >= 4 is 15.9 Å². The van der Waals surface area contributed by atoms with Gasteiger partial charge >= 0.3 is 0 Å². The Bertz CT molecular complexity index is 474. The molecule has 0 saturated heterocycles. The van der Waals surface area contributed by atoms with Crippen LogP contribution in [0, 0.1) is 13.8 Å². The zero-order chi connectivity index (χ0) is 10.8. The van der Waals surface area contributed by atoms with Crippen molar-refractivity contribution in [1.82, 2.24) is 9.78 Å². The molecule has 0 bridgehead atoms. The van der Waals surface area contributed by atoms with E-state index < -0.39 is 0 Å². The number of nitrogens with zero attached hydrogens (tertiary/aromatic N) is 2. The maximum atomic E-state index is 4.47. The molecule has 0 aliphatic heterocycles. The largest absolute Gasteiger partial charge is 0.240 e. The number of aromatic nitrogens is 2. The zero-order valence-electron chi connectivity index (χ0n) is 8.87. The van der Waals surface area contributed by atoms with Gasteiger partial charge in [-0.05, 0) is 37.1 Å². The Morgan fingerprint density at radius 3 is 2.73 bits per heavy atom. The maximum Gasteiger partial charge on any atom is 0.0734 e. The van der Waals surface area contributed by atoms with Gasteiger partial charge in [0.15, 0.2) is 0 Å². The Morgan fingerprint density at radius 1 is 1.27 bits per heavy atom. The van der Waals surface area contributed by atoms with Crippen LogP contribution < -0.4 is 0 Å². The number of rotatable bonds is 2. The van der Waals surface area contributed by atoms with E-state index in [2.05, 4.69) is 53.1 Å². The molecule has 2 aromatic rings. The highest BCUT2D eigenvalue weighted by atomic mass is 79.9. The van der Waals surface area contributed by atoms with Crippen molar-refractivity contribution in [3.8, 4) is 5.69 Å². The van der Waals surface area contributed by atoms with Gasteiger partial charge in [0.2, 0.25) is 0 Å². The lowest BCUT2D eigenvalue weighted by atomic mass is 10.1. The molecule has 0 amide bonds. The van der Waals surface area contributed by atoms with E-state index in [1.165, 1.54) is 11.1 Å². The Balaban J connectivity index is 2.49. The van der Waals surface area contributed by atoms with Gasteiger partial charge in [0.05, 0.1) is 11.4 Å². The van der Waals surface area contributed by atoms with E-state index in [0.717, 1.165) is 16.7 Å². The second kappa shape index (κ2) is 4.19. The predicted octanol–water partition coefficient (Wildman–Crippen LogP) is 3.38. The van der Waals surface area contributed by atoms with Crippen molar-refractivity contribution in [3.63, 3.8) is 0 Å². The van der Waals surface area contributed by atoms with Crippen molar-refractivity contribution in [3.05, 3.63) is 47.3 Å². The Hall–Kier alpha value is -1.09. The predicted molar refractivity (Wildman–Crippen MR) is 65.7 cm³/mol. The van der Waals surface area contributed by atoms with Gasteiger partial charge in [0.1, 0.15) is 0 Å². The van der Waals surface area contributed by atoms with Gasteiger partial charge in [0, 0.05) is 11.5 Å². The first-order chi connectivity index (χ1) is 7.22. The topological polar surface area (TPSA) is 17.8 Å². The molecule has 2 rings (SSSR count). The molecular formula is C12H13BrN2. The minimum Gasteiger partial charge on any atom is -0.240 e. The molecule has 78 valence electrons. The lowest BCUT2D eigenvalue weighted by molar-refractivity contribution is 0.852. The molecule has 0 unspecified atom stereocenters. The van der Waals surface area contributed by atoms with E-state index in [-0.39, 0.29) is 0 Å². The van der Waals surface area contributed by atoms with Crippen LogP contribution in [-0.4, -0.2) is 9.78 Å². The summed E-state index contributed by atoms with van der Waals surface area (Å²) in [7, 11) is 0. The minimum atomic E-state index is 0.796. The summed E-state index contributed by atoms with van der Waals surface area (Å²) < 4.78 is 1.93. The SMILES string of the molecule is Cc1cccc(-n2ccc(CBr)n2)c1C. The lowest BCUT2D eigenvalue weighted by Crippen LogP contribution is -1.99. The van der Waals surface area contributed by atoms with E-state index in [9.17, 15) is 0 Å². The van der Waals surface area contributed by atoms with Crippen LogP contribution in [-0.2, 0) is 5.33 Å². The summed E-state index contributed by atoms with van der Waals surface area (Å²) in [5.74, 6) is 0. The standard InChI is InChI=1S/C12H13BrN2/c1-9-4-3-5-12(10(9)2)15-7-6-11(8-13)14-15/h3-7H,8H2,1-2H3. The second-order valence-electron chi connectivity index (χ2n) is 3.60. The van der Waals surface area contributed by atoms with Crippen LogP contribution in [0.2, 0.25) is 0 Å². The van der Waals surface area contributed by atoms with Crippen LogP contribution in [0.5, 0.6) is 0 Å². The fourth-order valence-electron chi connectivity index (χ4n) is 1.55. The van der Waals surface area contributed by atoms with Crippen molar-refractivity contribution in [2.75, 3.05) is 0 Å². The summed E-state index contributed by atoms with van der Waals surface area (Å²) in [6, 6.07) is 8.30. The molecule has 0 saturated carbocycles. The van der Waals surface area contributed by atoms with E-state index >= 15 is 0 Å². The third kappa shape index (κ3) is 1.97. The fraction of sp³-hybridized carbons (Fsp3) is 0.250. The second-order valence-corrected chi connectivity index (χ2v) is 4.17. The molecule has 1 aromatic heterocycles. The third-order valence-corrected chi connectivity index (χ3v) is 3.18. The molecule has 1 heterocycles. The molecule has 0 radical (unpaired) electrons. The number of alkyl halides is 1.